The van der Waals surface area contributed by atoms with Gasteiger partial charge in [0.05, 0.1) is 5.69 Å². The van der Waals surface area contributed by atoms with Crippen molar-refractivity contribution in [3.05, 3.63) is 17.5 Å². The first kappa shape index (κ1) is 7.24. The van der Waals surface area contributed by atoms with Crippen molar-refractivity contribution in [1.29, 1.82) is 0 Å². The van der Waals surface area contributed by atoms with Gasteiger partial charge in [0.1, 0.15) is 6.10 Å². The maximum absolute atomic E-state index is 9.08. The van der Waals surface area contributed by atoms with Crippen LogP contribution in [0.3, 0.4) is 0 Å². The zero-order chi connectivity index (χ0) is 7.56. The second kappa shape index (κ2) is 2.81. The monoisotopic (exact) mass is 142 g/mol. The van der Waals surface area contributed by atoms with E-state index < -0.39 is 6.10 Å². The Balaban J connectivity index is 2.74. The average Bonchev–Trinajstić information content (AvgIpc) is 2.34. The van der Waals surface area contributed by atoms with Gasteiger partial charge in [-0.1, -0.05) is 5.16 Å². The summed E-state index contributed by atoms with van der Waals surface area (Å²) in [7, 11) is 0. The van der Waals surface area contributed by atoms with Crippen LogP contribution in [-0.2, 0) is 0 Å². The molecule has 0 unspecified atom stereocenters. The first-order valence-electron chi connectivity index (χ1n) is 3.05. The molecule has 0 aromatic carbocycles. The van der Waals surface area contributed by atoms with Crippen molar-refractivity contribution in [3.8, 4) is 0 Å². The molecular weight excluding hydrogens is 132 g/mol. The van der Waals surface area contributed by atoms with Crippen LogP contribution in [0.2, 0.25) is 0 Å². The fourth-order valence-electron chi connectivity index (χ4n) is 0.656. The van der Waals surface area contributed by atoms with Gasteiger partial charge in [-0.05, 0) is 6.92 Å². The normalized spacial score (nSPS) is 13.5. The molecule has 0 saturated carbocycles. The van der Waals surface area contributed by atoms with E-state index >= 15 is 0 Å². The Morgan fingerprint density at radius 2 is 2.60 bits per heavy atom. The highest BCUT2D eigenvalue weighted by Gasteiger charge is 2.09. The van der Waals surface area contributed by atoms with Gasteiger partial charge < -0.3 is 15.4 Å². The number of aromatic nitrogens is 1. The molecule has 1 atom stereocenters. The molecule has 1 aromatic rings. The summed E-state index contributed by atoms with van der Waals surface area (Å²) >= 11 is 0. The first-order valence-corrected chi connectivity index (χ1v) is 3.05. The van der Waals surface area contributed by atoms with Gasteiger partial charge in [0.15, 0.2) is 5.76 Å². The van der Waals surface area contributed by atoms with Crippen molar-refractivity contribution < 1.29 is 9.63 Å². The molecule has 1 rings (SSSR count). The van der Waals surface area contributed by atoms with Crippen LogP contribution in [-0.4, -0.2) is 16.8 Å². The highest BCUT2D eigenvalue weighted by Crippen LogP contribution is 2.11. The molecule has 4 heteroatoms. The summed E-state index contributed by atoms with van der Waals surface area (Å²) in [6, 6.07) is 1.66. The third-order valence-corrected chi connectivity index (χ3v) is 1.20. The molecule has 1 aromatic heterocycles. The number of nitrogens with zero attached hydrogens (tertiary/aromatic N) is 1. The average molecular weight is 142 g/mol. The fourth-order valence-corrected chi connectivity index (χ4v) is 0.656. The molecule has 0 amide bonds. The van der Waals surface area contributed by atoms with Gasteiger partial charge in [0.25, 0.3) is 0 Å². The minimum absolute atomic E-state index is 0.161. The minimum atomic E-state index is -0.721. The van der Waals surface area contributed by atoms with E-state index in [4.69, 9.17) is 15.4 Å². The van der Waals surface area contributed by atoms with E-state index in [9.17, 15) is 0 Å². The third-order valence-electron chi connectivity index (χ3n) is 1.20. The second-order valence-electron chi connectivity index (χ2n) is 2.12. The third kappa shape index (κ3) is 1.34. The number of hydrogen-bond donors (Lipinski definition) is 2. The predicted octanol–water partition coefficient (Wildman–Crippen LogP) is -0.0249. The fraction of sp³-hybridized carbons (Fsp3) is 0.500. The van der Waals surface area contributed by atoms with Gasteiger partial charge >= 0.3 is 0 Å². The van der Waals surface area contributed by atoms with E-state index in [-0.39, 0.29) is 6.54 Å². The summed E-state index contributed by atoms with van der Waals surface area (Å²) in [5.41, 5.74) is 5.93. The van der Waals surface area contributed by atoms with Crippen LogP contribution < -0.4 is 5.73 Å². The lowest BCUT2D eigenvalue weighted by Crippen LogP contribution is -2.10. The van der Waals surface area contributed by atoms with Gasteiger partial charge in [0.2, 0.25) is 0 Å². The van der Waals surface area contributed by atoms with Crippen LogP contribution in [0, 0.1) is 6.92 Å². The molecule has 3 N–H and O–H groups in total. The van der Waals surface area contributed by atoms with Crippen molar-refractivity contribution in [2.24, 2.45) is 5.73 Å². The summed E-state index contributed by atoms with van der Waals surface area (Å²) in [4.78, 5) is 0. The summed E-state index contributed by atoms with van der Waals surface area (Å²) < 4.78 is 4.74. The zero-order valence-corrected chi connectivity index (χ0v) is 5.74. The number of aryl methyl sites for hydroxylation is 1. The van der Waals surface area contributed by atoms with Crippen LogP contribution in [0.4, 0.5) is 0 Å². The molecule has 56 valence electrons. The molecule has 0 aliphatic rings. The van der Waals surface area contributed by atoms with Gasteiger partial charge in [-0.15, -0.1) is 0 Å². The van der Waals surface area contributed by atoms with E-state index in [2.05, 4.69) is 5.16 Å². The molecule has 0 radical (unpaired) electrons. The van der Waals surface area contributed by atoms with Crippen LogP contribution in [0.25, 0.3) is 0 Å². The van der Waals surface area contributed by atoms with E-state index in [1.54, 1.807) is 13.0 Å². The first-order chi connectivity index (χ1) is 4.74. The predicted molar refractivity (Wildman–Crippen MR) is 35.3 cm³/mol. The molecule has 1 heterocycles. The lowest BCUT2D eigenvalue weighted by Gasteiger charge is -1.99. The van der Waals surface area contributed by atoms with Crippen molar-refractivity contribution >= 4 is 0 Å². The van der Waals surface area contributed by atoms with E-state index in [0.717, 1.165) is 5.69 Å². The topological polar surface area (TPSA) is 72.3 Å². The minimum Gasteiger partial charge on any atom is -0.384 e. The number of aliphatic hydroxyl groups is 1. The number of nitrogens with two attached hydrogens (primary N) is 1. The Morgan fingerprint density at radius 1 is 1.90 bits per heavy atom. The molecular formula is C6H10N2O2. The molecule has 10 heavy (non-hydrogen) atoms. The Bertz CT molecular complexity index is 209. The van der Waals surface area contributed by atoms with Crippen molar-refractivity contribution in [2.45, 2.75) is 13.0 Å². The molecule has 0 spiro atoms. The smallest absolute Gasteiger partial charge is 0.166 e. The highest BCUT2D eigenvalue weighted by atomic mass is 16.5. The lowest BCUT2D eigenvalue weighted by molar-refractivity contribution is 0.147. The summed E-state index contributed by atoms with van der Waals surface area (Å²) in [6.45, 7) is 1.95. The Kier molecular flexibility index (Phi) is 2.03. The number of rotatable bonds is 2. The Hall–Kier alpha value is -0.870. The van der Waals surface area contributed by atoms with Crippen molar-refractivity contribution in [3.63, 3.8) is 0 Å². The summed E-state index contributed by atoms with van der Waals surface area (Å²) in [6.07, 6.45) is -0.721. The molecule has 0 aliphatic heterocycles. The van der Waals surface area contributed by atoms with Crippen molar-refractivity contribution in [2.75, 3.05) is 6.54 Å². The van der Waals surface area contributed by atoms with Gasteiger partial charge in [0, 0.05) is 12.6 Å². The Labute approximate surface area is 58.6 Å². The van der Waals surface area contributed by atoms with Gasteiger partial charge in [-0.25, -0.2) is 0 Å². The zero-order valence-electron chi connectivity index (χ0n) is 5.74. The van der Waals surface area contributed by atoms with Crippen LogP contribution in [0.1, 0.15) is 17.6 Å². The lowest BCUT2D eigenvalue weighted by atomic mass is 10.2. The van der Waals surface area contributed by atoms with Crippen LogP contribution in [0.5, 0.6) is 0 Å². The van der Waals surface area contributed by atoms with E-state index in [1.807, 2.05) is 0 Å². The summed E-state index contributed by atoms with van der Waals surface area (Å²) in [5, 5.41) is 12.7. The van der Waals surface area contributed by atoms with Gasteiger partial charge in [-0.3, -0.25) is 0 Å². The highest BCUT2D eigenvalue weighted by molar-refractivity contribution is 5.05. The number of hydrogen-bond acceptors (Lipinski definition) is 4. The molecule has 4 nitrogen and oxygen atoms in total. The maximum Gasteiger partial charge on any atom is 0.166 e. The van der Waals surface area contributed by atoms with Crippen LogP contribution in [0.15, 0.2) is 10.6 Å². The largest absolute Gasteiger partial charge is 0.384 e. The van der Waals surface area contributed by atoms with E-state index in [0.29, 0.717) is 5.76 Å². The van der Waals surface area contributed by atoms with Crippen molar-refractivity contribution in [1.82, 2.24) is 5.16 Å². The number of aliphatic hydroxyl groups excluding tert-OH is 1. The quantitative estimate of drug-likeness (QED) is 0.608. The second-order valence-corrected chi connectivity index (χ2v) is 2.12. The van der Waals surface area contributed by atoms with E-state index in [1.165, 1.54) is 0 Å². The molecule has 0 bridgehead atoms. The molecule has 0 fully saturated rings. The molecule has 0 saturated heterocycles. The maximum atomic E-state index is 9.08. The molecule has 0 aliphatic carbocycles. The Morgan fingerprint density at radius 3 is 3.00 bits per heavy atom. The van der Waals surface area contributed by atoms with Gasteiger partial charge in [-0.2, -0.15) is 0 Å². The summed E-state index contributed by atoms with van der Waals surface area (Å²) in [5.74, 6) is 0.431. The SMILES string of the molecule is Cc1cc([C@H](O)CN)on1. The standard InChI is InChI=1S/C6H10N2O2/c1-4-2-6(10-8-4)5(9)3-7/h2,5,9H,3,7H2,1H3/t5-/m1/s1. The van der Waals surface area contributed by atoms with Crippen LogP contribution >= 0.6 is 0 Å².